The van der Waals surface area contributed by atoms with Gasteiger partial charge in [0.25, 0.3) is 0 Å². The molecule has 1 amide bonds. The number of hydrogen-bond donors (Lipinski definition) is 1. The van der Waals surface area contributed by atoms with Gasteiger partial charge in [0, 0.05) is 30.0 Å². The van der Waals surface area contributed by atoms with E-state index in [0.717, 1.165) is 16.8 Å². The van der Waals surface area contributed by atoms with Crippen LogP contribution in [0.3, 0.4) is 0 Å². The van der Waals surface area contributed by atoms with E-state index in [9.17, 15) is 9.59 Å². The minimum atomic E-state index is -0.231. The highest BCUT2D eigenvalue weighted by atomic mass is 35.5. The molecule has 0 fully saturated rings. The third-order valence-electron chi connectivity index (χ3n) is 4.53. The normalized spacial score (nSPS) is 23.4. The molecule has 1 N–H and O–H groups in total. The number of ketones is 1. The Balaban J connectivity index is 2.06. The van der Waals surface area contributed by atoms with E-state index in [4.69, 9.17) is 16.3 Å². The lowest BCUT2D eigenvalue weighted by Gasteiger charge is -2.37. The molecule has 0 unspecified atom stereocenters. The van der Waals surface area contributed by atoms with Crippen molar-refractivity contribution in [1.29, 1.82) is 0 Å². The van der Waals surface area contributed by atoms with Crippen molar-refractivity contribution in [2.24, 2.45) is 5.41 Å². The summed E-state index contributed by atoms with van der Waals surface area (Å²) in [6.07, 6.45) is 1.48. The minimum Gasteiger partial charge on any atom is -0.495 e. The molecule has 5 heteroatoms. The van der Waals surface area contributed by atoms with Gasteiger partial charge in [-0.05, 0) is 29.5 Å². The van der Waals surface area contributed by atoms with Gasteiger partial charge in [0.15, 0.2) is 5.78 Å². The molecule has 1 aliphatic heterocycles. The number of allylic oxidation sites excluding steroid dienone is 2. The van der Waals surface area contributed by atoms with E-state index in [1.807, 2.05) is 6.07 Å². The molecule has 0 aromatic heterocycles. The van der Waals surface area contributed by atoms with Gasteiger partial charge in [-0.1, -0.05) is 31.5 Å². The molecule has 122 valence electrons. The number of methoxy groups -OCH3 is 1. The number of rotatable bonds is 2. The first-order valence-electron chi connectivity index (χ1n) is 7.70. The fourth-order valence-electron chi connectivity index (χ4n) is 3.54. The molecule has 23 heavy (non-hydrogen) atoms. The van der Waals surface area contributed by atoms with Gasteiger partial charge >= 0.3 is 0 Å². The van der Waals surface area contributed by atoms with Gasteiger partial charge < -0.3 is 10.1 Å². The van der Waals surface area contributed by atoms with Gasteiger partial charge in [0.1, 0.15) is 5.75 Å². The van der Waals surface area contributed by atoms with Crippen molar-refractivity contribution in [3.05, 3.63) is 40.1 Å². The van der Waals surface area contributed by atoms with Crippen LogP contribution in [-0.2, 0) is 9.59 Å². The minimum absolute atomic E-state index is 0.0498. The number of ether oxygens (including phenoxy) is 1. The van der Waals surface area contributed by atoms with Crippen LogP contribution in [0.15, 0.2) is 29.5 Å². The molecule has 0 spiro atoms. The lowest BCUT2D eigenvalue weighted by atomic mass is 9.70. The molecule has 4 nitrogen and oxygen atoms in total. The number of carbonyl (C=O) groups excluding carboxylic acids is 2. The van der Waals surface area contributed by atoms with E-state index in [2.05, 4.69) is 19.2 Å². The first-order valence-corrected chi connectivity index (χ1v) is 8.08. The molecule has 3 rings (SSSR count). The zero-order valence-corrected chi connectivity index (χ0v) is 14.3. The first-order chi connectivity index (χ1) is 10.8. The summed E-state index contributed by atoms with van der Waals surface area (Å²) in [7, 11) is 1.56. The molecule has 0 bridgehead atoms. The van der Waals surface area contributed by atoms with E-state index in [0.29, 0.717) is 23.6 Å². The number of benzene rings is 1. The van der Waals surface area contributed by atoms with E-state index in [1.54, 1.807) is 19.2 Å². The van der Waals surface area contributed by atoms with Crippen LogP contribution in [-0.4, -0.2) is 18.8 Å². The van der Waals surface area contributed by atoms with Crippen LogP contribution < -0.4 is 10.1 Å². The second-order valence-corrected chi connectivity index (χ2v) is 7.44. The summed E-state index contributed by atoms with van der Waals surface area (Å²) >= 11 is 6.22. The predicted molar refractivity (Wildman–Crippen MR) is 88.6 cm³/mol. The van der Waals surface area contributed by atoms with Gasteiger partial charge in [-0.2, -0.15) is 0 Å². The first kappa shape index (κ1) is 16.1. The molecule has 1 aliphatic carbocycles. The SMILES string of the molecule is COc1ccc([C@@H]2CC(=O)NC3=C2C(=O)CC(C)(C)C3)cc1Cl. The summed E-state index contributed by atoms with van der Waals surface area (Å²) in [5.41, 5.74) is 2.28. The Kier molecular flexibility index (Phi) is 3.96. The molecular weight excluding hydrogens is 314 g/mol. The topological polar surface area (TPSA) is 55.4 Å². The summed E-state index contributed by atoms with van der Waals surface area (Å²) in [4.78, 5) is 24.8. The van der Waals surface area contributed by atoms with Crippen LogP contribution in [0.1, 0.15) is 44.6 Å². The van der Waals surface area contributed by atoms with Crippen LogP contribution >= 0.6 is 11.6 Å². The Hall–Kier alpha value is -1.81. The van der Waals surface area contributed by atoms with Gasteiger partial charge in [-0.3, -0.25) is 9.59 Å². The van der Waals surface area contributed by atoms with E-state index < -0.39 is 0 Å². The van der Waals surface area contributed by atoms with Crippen LogP contribution in [0, 0.1) is 5.41 Å². The third kappa shape index (κ3) is 3.00. The lowest BCUT2D eigenvalue weighted by Crippen LogP contribution is -2.40. The Morgan fingerprint density at radius 1 is 1.26 bits per heavy atom. The van der Waals surface area contributed by atoms with Crippen LogP contribution in [0.25, 0.3) is 0 Å². The maximum atomic E-state index is 12.7. The standard InChI is InChI=1S/C18H20ClNO3/c1-18(2)8-13-17(14(21)9-18)11(7-16(22)20-13)10-4-5-15(23-3)12(19)6-10/h4-6,11H,7-9H2,1-3H3,(H,20,22)/t11-/m0/s1. The smallest absolute Gasteiger partial charge is 0.225 e. The third-order valence-corrected chi connectivity index (χ3v) is 4.82. The number of carbonyl (C=O) groups is 2. The van der Waals surface area contributed by atoms with Crippen LogP contribution in [0.5, 0.6) is 5.75 Å². The summed E-state index contributed by atoms with van der Waals surface area (Å²) in [5, 5.41) is 3.39. The highest BCUT2D eigenvalue weighted by molar-refractivity contribution is 6.32. The van der Waals surface area contributed by atoms with E-state index in [1.165, 1.54) is 0 Å². The summed E-state index contributed by atoms with van der Waals surface area (Å²) in [5.74, 6) is 0.422. The Morgan fingerprint density at radius 3 is 2.65 bits per heavy atom. The number of halogens is 1. The molecule has 2 aliphatic rings. The molecule has 0 radical (unpaired) electrons. The van der Waals surface area contributed by atoms with Crippen molar-refractivity contribution in [2.75, 3.05) is 7.11 Å². The molecule has 0 saturated heterocycles. The zero-order valence-electron chi connectivity index (χ0n) is 13.5. The summed E-state index contributed by atoms with van der Waals surface area (Å²) in [6, 6.07) is 5.45. The lowest BCUT2D eigenvalue weighted by molar-refractivity contribution is -0.122. The highest BCUT2D eigenvalue weighted by Crippen LogP contribution is 2.44. The maximum absolute atomic E-state index is 12.7. The molecule has 1 aromatic carbocycles. The number of hydrogen-bond acceptors (Lipinski definition) is 3. The average Bonchev–Trinajstić information content (AvgIpc) is 2.44. The summed E-state index contributed by atoms with van der Waals surface area (Å²) < 4.78 is 5.17. The maximum Gasteiger partial charge on any atom is 0.225 e. The summed E-state index contributed by atoms with van der Waals surface area (Å²) in [6.45, 7) is 4.10. The van der Waals surface area contributed by atoms with Crippen LogP contribution in [0.2, 0.25) is 5.02 Å². The largest absolute Gasteiger partial charge is 0.495 e. The fourth-order valence-corrected chi connectivity index (χ4v) is 3.81. The number of amides is 1. The van der Waals surface area contributed by atoms with Gasteiger partial charge in [-0.15, -0.1) is 0 Å². The molecular formula is C18H20ClNO3. The zero-order chi connectivity index (χ0) is 16.8. The molecule has 1 atom stereocenters. The number of Topliss-reactive ketones (excluding diaryl/α,β-unsaturated/α-hetero) is 1. The Morgan fingerprint density at radius 2 is 2.00 bits per heavy atom. The van der Waals surface area contributed by atoms with Crippen molar-refractivity contribution in [2.45, 2.75) is 39.0 Å². The number of nitrogens with one attached hydrogen (secondary N) is 1. The van der Waals surface area contributed by atoms with E-state index in [-0.39, 0.29) is 29.4 Å². The van der Waals surface area contributed by atoms with Crippen molar-refractivity contribution in [1.82, 2.24) is 5.32 Å². The van der Waals surface area contributed by atoms with Crippen LogP contribution in [0.4, 0.5) is 0 Å². The molecule has 1 aromatic rings. The van der Waals surface area contributed by atoms with Gasteiger partial charge in [0.2, 0.25) is 5.91 Å². The second-order valence-electron chi connectivity index (χ2n) is 7.03. The molecule has 0 saturated carbocycles. The Labute approximate surface area is 140 Å². The van der Waals surface area contributed by atoms with Gasteiger partial charge in [0.05, 0.1) is 12.1 Å². The van der Waals surface area contributed by atoms with Crippen molar-refractivity contribution < 1.29 is 14.3 Å². The van der Waals surface area contributed by atoms with Gasteiger partial charge in [-0.25, -0.2) is 0 Å². The quantitative estimate of drug-likeness (QED) is 0.899. The fraction of sp³-hybridized carbons (Fsp3) is 0.444. The molecule has 1 heterocycles. The van der Waals surface area contributed by atoms with Crippen molar-refractivity contribution in [3.63, 3.8) is 0 Å². The monoisotopic (exact) mass is 333 g/mol. The predicted octanol–water partition coefficient (Wildman–Crippen LogP) is 3.60. The van der Waals surface area contributed by atoms with E-state index >= 15 is 0 Å². The highest BCUT2D eigenvalue weighted by Gasteiger charge is 2.40. The van der Waals surface area contributed by atoms with Crippen molar-refractivity contribution >= 4 is 23.3 Å². The average molecular weight is 334 g/mol. The second kappa shape index (κ2) is 5.68. The van der Waals surface area contributed by atoms with Crippen molar-refractivity contribution in [3.8, 4) is 5.75 Å². The Bertz CT molecular complexity index is 721.